The van der Waals surface area contributed by atoms with E-state index in [0.29, 0.717) is 19.1 Å². The molecule has 1 aromatic carbocycles. The number of para-hydroxylation sites is 1. The summed E-state index contributed by atoms with van der Waals surface area (Å²) in [5.74, 6) is 1.40. The SMILES string of the molecule is O=C(CC1CCOc2ccccc21)N[C@H]1CCCNC1. The van der Waals surface area contributed by atoms with E-state index in [1.54, 1.807) is 0 Å². The third-order valence-electron chi connectivity index (χ3n) is 4.18. The topological polar surface area (TPSA) is 50.4 Å². The maximum absolute atomic E-state index is 12.2. The second-order valence-corrected chi connectivity index (χ2v) is 5.69. The molecular weight excluding hydrogens is 252 g/mol. The van der Waals surface area contributed by atoms with Crippen LogP contribution in [0.25, 0.3) is 0 Å². The fourth-order valence-electron chi connectivity index (χ4n) is 3.11. The Morgan fingerprint density at radius 3 is 3.10 bits per heavy atom. The van der Waals surface area contributed by atoms with Crippen LogP contribution in [0.3, 0.4) is 0 Å². The molecule has 1 saturated heterocycles. The molecule has 1 aromatic rings. The first-order valence-electron chi connectivity index (χ1n) is 7.55. The van der Waals surface area contributed by atoms with Gasteiger partial charge in [0.05, 0.1) is 6.61 Å². The Balaban J connectivity index is 1.59. The summed E-state index contributed by atoms with van der Waals surface area (Å²) in [6.45, 7) is 2.68. The molecule has 2 aliphatic heterocycles. The van der Waals surface area contributed by atoms with Gasteiger partial charge in [-0.2, -0.15) is 0 Å². The molecule has 2 heterocycles. The normalized spacial score (nSPS) is 25.4. The van der Waals surface area contributed by atoms with Crippen molar-refractivity contribution in [3.05, 3.63) is 29.8 Å². The Labute approximate surface area is 119 Å². The van der Waals surface area contributed by atoms with E-state index in [1.807, 2.05) is 18.2 Å². The summed E-state index contributed by atoms with van der Waals surface area (Å²) >= 11 is 0. The largest absolute Gasteiger partial charge is 0.493 e. The smallest absolute Gasteiger partial charge is 0.220 e. The van der Waals surface area contributed by atoms with Crippen LogP contribution in [0, 0.1) is 0 Å². The fourth-order valence-corrected chi connectivity index (χ4v) is 3.11. The van der Waals surface area contributed by atoms with Crippen LogP contribution in [-0.4, -0.2) is 31.6 Å². The van der Waals surface area contributed by atoms with Gasteiger partial charge in [0.15, 0.2) is 0 Å². The molecule has 0 bridgehead atoms. The summed E-state index contributed by atoms with van der Waals surface area (Å²) in [5, 5.41) is 6.48. The van der Waals surface area contributed by atoms with Gasteiger partial charge in [0.2, 0.25) is 5.91 Å². The maximum atomic E-state index is 12.2. The molecule has 0 saturated carbocycles. The van der Waals surface area contributed by atoms with Crippen LogP contribution in [-0.2, 0) is 4.79 Å². The van der Waals surface area contributed by atoms with Crippen molar-refractivity contribution in [2.75, 3.05) is 19.7 Å². The number of fused-ring (bicyclic) bond motifs is 1. The average Bonchev–Trinajstić information content (AvgIpc) is 2.48. The second kappa shape index (κ2) is 6.27. The minimum absolute atomic E-state index is 0.167. The van der Waals surface area contributed by atoms with Gasteiger partial charge in [0.25, 0.3) is 0 Å². The number of hydrogen-bond acceptors (Lipinski definition) is 3. The Morgan fingerprint density at radius 2 is 2.25 bits per heavy atom. The van der Waals surface area contributed by atoms with Gasteiger partial charge in [-0.1, -0.05) is 18.2 Å². The minimum Gasteiger partial charge on any atom is -0.493 e. The molecule has 4 heteroatoms. The van der Waals surface area contributed by atoms with Gasteiger partial charge in [-0.3, -0.25) is 4.79 Å². The highest BCUT2D eigenvalue weighted by Gasteiger charge is 2.24. The summed E-state index contributed by atoms with van der Waals surface area (Å²) in [5.41, 5.74) is 1.18. The molecule has 0 spiro atoms. The maximum Gasteiger partial charge on any atom is 0.220 e. The number of piperidine rings is 1. The van der Waals surface area contributed by atoms with Gasteiger partial charge >= 0.3 is 0 Å². The van der Waals surface area contributed by atoms with Gasteiger partial charge in [-0.15, -0.1) is 0 Å². The highest BCUT2D eigenvalue weighted by Crippen LogP contribution is 2.35. The zero-order valence-corrected chi connectivity index (χ0v) is 11.7. The van der Waals surface area contributed by atoms with E-state index in [4.69, 9.17) is 4.74 Å². The Morgan fingerprint density at radius 1 is 1.35 bits per heavy atom. The number of benzene rings is 1. The van der Waals surface area contributed by atoms with E-state index in [9.17, 15) is 4.79 Å². The summed E-state index contributed by atoms with van der Waals surface area (Å²) in [4.78, 5) is 12.2. The number of hydrogen-bond donors (Lipinski definition) is 2. The molecule has 0 aliphatic carbocycles. The molecule has 1 unspecified atom stereocenters. The number of nitrogens with one attached hydrogen (secondary N) is 2. The van der Waals surface area contributed by atoms with Crippen LogP contribution in [0.2, 0.25) is 0 Å². The summed E-state index contributed by atoms with van der Waals surface area (Å²) < 4.78 is 5.64. The van der Waals surface area contributed by atoms with Crippen LogP contribution in [0.15, 0.2) is 24.3 Å². The van der Waals surface area contributed by atoms with E-state index in [-0.39, 0.29) is 11.8 Å². The van der Waals surface area contributed by atoms with E-state index in [1.165, 1.54) is 5.56 Å². The monoisotopic (exact) mass is 274 g/mol. The minimum atomic E-state index is 0.167. The molecular formula is C16H22N2O2. The van der Waals surface area contributed by atoms with Crippen molar-refractivity contribution in [2.24, 2.45) is 0 Å². The molecule has 2 N–H and O–H groups in total. The predicted molar refractivity (Wildman–Crippen MR) is 77.9 cm³/mol. The molecule has 20 heavy (non-hydrogen) atoms. The Kier molecular flexibility index (Phi) is 4.21. The molecule has 0 aromatic heterocycles. The first kappa shape index (κ1) is 13.4. The quantitative estimate of drug-likeness (QED) is 0.884. The highest BCUT2D eigenvalue weighted by atomic mass is 16.5. The van der Waals surface area contributed by atoms with Crippen molar-refractivity contribution in [1.29, 1.82) is 0 Å². The molecule has 0 radical (unpaired) electrons. The zero-order chi connectivity index (χ0) is 13.8. The van der Waals surface area contributed by atoms with Crippen LogP contribution in [0.1, 0.15) is 37.2 Å². The number of ether oxygens (including phenoxy) is 1. The number of carbonyl (C=O) groups excluding carboxylic acids is 1. The van der Waals surface area contributed by atoms with Crippen LogP contribution in [0.5, 0.6) is 5.75 Å². The predicted octanol–water partition coefficient (Wildman–Crippen LogP) is 1.81. The van der Waals surface area contributed by atoms with Gasteiger partial charge in [-0.05, 0) is 43.4 Å². The Hall–Kier alpha value is -1.55. The average molecular weight is 274 g/mol. The molecule has 3 rings (SSSR count). The van der Waals surface area contributed by atoms with E-state index >= 15 is 0 Å². The molecule has 108 valence electrons. The first-order valence-corrected chi connectivity index (χ1v) is 7.55. The molecule has 2 atom stereocenters. The zero-order valence-electron chi connectivity index (χ0n) is 11.7. The van der Waals surface area contributed by atoms with Gasteiger partial charge < -0.3 is 15.4 Å². The molecule has 1 amide bonds. The van der Waals surface area contributed by atoms with Crippen LogP contribution < -0.4 is 15.4 Å². The van der Waals surface area contributed by atoms with Crippen LogP contribution >= 0.6 is 0 Å². The third-order valence-corrected chi connectivity index (χ3v) is 4.18. The lowest BCUT2D eigenvalue weighted by molar-refractivity contribution is -0.122. The van der Waals surface area contributed by atoms with E-state index in [0.717, 1.165) is 38.1 Å². The van der Waals surface area contributed by atoms with Crippen molar-refractivity contribution in [3.63, 3.8) is 0 Å². The summed E-state index contributed by atoms with van der Waals surface area (Å²) in [6, 6.07) is 8.36. The van der Waals surface area contributed by atoms with Gasteiger partial charge in [-0.25, -0.2) is 0 Å². The number of amides is 1. The van der Waals surface area contributed by atoms with Crippen molar-refractivity contribution in [1.82, 2.24) is 10.6 Å². The van der Waals surface area contributed by atoms with Crippen molar-refractivity contribution >= 4 is 5.91 Å². The number of carbonyl (C=O) groups is 1. The third kappa shape index (κ3) is 3.12. The molecule has 4 nitrogen and oxygen atoms in total. The Bertz CT molecular complexity index is 469. The lowest BCUT2D eigenvalue weighted by Crippen LogP contribution is -2.45. The lowest BCUT2D eigenvalue weighted by Gasteiger charge is -2.27. The van der Waals surface area contributed by atoms with E-state index < -0.39 is 0 Å². The van der Waals surface area contributed by atoms with Crippen molar-refractivity contribution in [3.8, 4) is 5.75 Å². The number of rotatable bonds is 3. The lowest BCUT2D eigenvalue weighted by atomic mass is 9.90. The molecule has 2 aliphatic rings. The highest BCUT2D eigenvalue weighted by molar-refractivity contribution is 5.77. The van der Waals surface area contributed by atoms with Gasteiger partial charge in [0, 0.05) is 19.0 Å². The van der Waals surface area contributed by atoms with Crippen molar-refractivity contribution < 1.29 is 9.53 Å². The van der Waals surface area contributed by atoms with Crippen LogP contribution in [0.4, 0.5) is 0 Å². The summed E-state index contributed by atoms with van der Waals surface area (Å²) in [7, 11) is 0. The second-order valence-electron chi connectivity index (χ2n) is 5.69. The first-order chi connectivity index (χ1) is 9.83. The van der Waals surface area contributed by atoms with Crippen molar-refractivity contribution in [2.45, 2.75) is 37.6 Å². The standard InChI is InChI=1S/C16H22N2O2/c19-16(18-13-4-3-8-17-11-13)10-12-7-9-20-15-6-2-1-5-14(12)15/h1-2,5-6,12-13,17H,3-4,7-11H2,(H,18,19)/t12?,13-/m0/s1. The fraction of sp³-hybridized carbons (Fsp3) is 0.562. The molecule has 1 fully saturated rings. The van der Waals surface area contributed by atoms with E-state index in [2.05, 4.69) is 16.7 Å². The van der Waals surface area contributed by atoms with Gasteiger partial charge in [0.1, 0.15) is 5.75 Å². The summed E-state index contributed by atoms with van der Waals surface area (Å²) in [6.07, 6.45) is 3.72.